The van der Waals surface area contributed by atoms with Gasteiger partial charge in [0.2, 0.25) is 10.0 Å². The first-order valence-electron chi connectivity index (χ1n) is 7.06. The molecule has 1 atom stereocenters. The Bertz CT molecular complexity index is 594. The van der Waals surface area contributed by atoms with Gasteiger partial charge >= 0.3 is 0 Å². The van der Waals surface area contributed by atoms with Gasteiger partial charge in [-0.3, -0.25) is 4.68 Å². The summed E-state index contributed by atoms with van der Waals surface area (Å²) >= 11 is 5.72. The zero-order chi connectivity index (χ0) is 15.6. The molecule has 0 amide bonds. The van der Waals surface area contributed by atoms with Crippen molar-refractivity contribution in [2.75, 3.05) is 26.1 Å². The Kier molecular flexibility index (Phi) is 5.29. The Balaban J connectivity index is 2.25. The number of hydrogen-bond donors (Lipinski definition) is 0. The molecule has 1 unspecified atom stereocenters. The van der Waals surface area contributed by atoms with E-state index in [4.69, 9.17) is 16.3 Å². The molecule has 2 rings (SSSR count). The number of aromatic nitrogens is 2. The molecular weight excluding hydrogens is 314 g/mol. The van der Waals surface area contributed by atoms with Crippen LogP contribution in [0.2, 0.25) is 0 Å². The Hall–Kier alpha value is -0.630. The third-order valence-electron chi connectivity index (χ3n) is 3.76. The second-order valence-electron chi connectivity index (χ2n) is 5.33. The van der Waals surface area contributed by atoms with Gasteiger partial charge in [0.25, 0.3) is 0 Å². The maximum absolute atomic E-state index is 12.8. The minimum Gasteiger partial charge on any atom is -0.377 e. The smallest absolute Gasteiger partial charge is 0.246 e. The fourth-order valence-corrected chi connectivity index (χ4v) is 4.41. The molecule has 1 fully saturated rings. The number of nitrogens with zero attached hydrogens (tertiary/aromatic N) is 3. The summed E-state index contributed by atoms with van der Waals surface area (Å²) in [5.41, 5.74) is 1.14. The van der Waals surface area contributed by atoms with Crippen LogP contribution in [0.25, 0.3) is 0 Å². The molecule has 0 spiro atoms. The van der Waals surface area contributed by atoms with Crippen molar-refractivity contribution in [3.05, 3.63) is 11.4 Å². The molecule has 0 bridgehead atoms. The summed E-state index contributed by atoms with van der Waals surface area (Å²) in [5, 5.41) is 4.28. The topological polar surface area (TPSA) is 64.4 Å². The molecule has 1 aliphatic heterocycles. The summed E-state index contributed by atoms with van der Waals surface area (Å²) < 4.78 is 34.1. The minimum absolute atomic E-state index is 0.0109. The van der Waals surface area contributed by atoms with Crippen molar-refractivity contribution in [1.29, 1.82) is 0 Å². The standard InChI is InChI=1S/C13H22ClN3O3S/c1-10-13(11(2)17(15-10)7-6-14)21(18,19)16(3)9-12-5-4-8-20-12/h12H,4-9H2,1-3H3. The van der Waals surface area contributed by atoms with E-state index in [-0.39, 0.29) is 11.0 Å². The second-order valence-corrected chi connectivity index (χ2v) is 7.69. The van der Waals surface area contributed by atoms with E-state index in [1.54, 1.807) is 25.6 Å². The molecule has 0 aromatic carbocycles. The Morgan fingerprint density at radius 1 is 1.48 bits per heavy atom. The van der Waals surface area contributed by atoms with Gasteiger partial charge in [-0.25, -0.2) is 8.42 Å². The molecule has 0 radical (unpaired) electrons. The van der Waals surface area contributed by atoms with Crippen LogP contribution in [0, 0.1) is 13.8 Å². The van der Waals surface area contributed by atoms with Crippen LogP contribution in [0.5, 0.6) is 0 Å². The Morgan fingerprint density at radius 2 is 2.19 bits per heavy atom. The van der Waals surface area contributed by atoms with Gasteiger partial charge in [0.1, 0.15) is 4.90 Å². The van der Waals surface area contributed by atoms with Crippen LogP contribution in [0.1, 0.15) is 24.2 Å². The van der Waals surface area contributed by atoms with Crippen LogP contribution in [-0.4, -0.2) is 54.7 Å². The number of ether oxygens (including phenoxy) is 1. The van der Waals surface area contributed by atoms with Gasteiger partial charge in [-0.2, -0.15) is 9.40 Å². The highest BCUT2D eigenvalue weighted by Crippen LogP contribution is 2.24. The Morgan fingerprint density at radius 3 is 2.76 bits per heavy atom. The number of rotatable bonds is 6. The Labute approximate surface area is 131 Å². The van der Waals surface area contributed by atoms with Crippen molar-refractivity contribution < 1.29 is 13.2 Å². The van der Waals surface area contributed by atoms with E-state index < -0.39 is 10.0 Å². The molecule has 1 aliphatic rings. The van der Waals surface area contributed by atoms with Gasteiger partial charge in [-0.1, -0.05) is 0 Å². The van der Waals surface area contributed by atoms with Crippen LogP contribution in [-0.2, 0) is 21.3 Å². The minimum atomic E-state index is -3.56. The SMILES string of the molecule is Cc1nn(CCCl)c(C)c1S(=O)(=O)N(C)CC1CCCO1. The molecule has 1 aromatic rings. The fraction of sp³-hybridized carbons (Fsp3) is 0.769. The van der Waals surface area contributed by atoms with Gasteiger partial charge in [0.15, 0.2) is 0 Å². The third-order valence-corrected chi connectivity index (χ3v) is 6.01. The highest BCUT2D eigenvalue weighted by atomic mass is 35.5. The summed E-state index contributed by atoms with van der Waals surface area (Å²) in [7, 11) is -1.97. The average molecular weight is 336 g/mol. The lowest BCUT2D eigenvalue weighted by molar-refractivity contribution is 0.0978. The van der Waals surface area contributed by atoms with E-state index in [1.165, 1.54) is 4.31 Å². The molecule has 1 saturated heterocycles. The maximum atomic E-state index is 12.8. The molecule has 0 N–H and O–H groups in total. The van der Waals surface area contributed by atoms with Crippen LogP contribution in [0.3, 0.4) is 0 Å². The lowest BCUT2D eigenvalue weighted by Crippen LogP contribution is -2.34. The van der Waals surface area contributed by atoms with Crippen molar-refractivity contribution in [1.82, 2.24) is 14.1 Å². The lowest BCUT2D eigenvalue weighted by atomic mass is 10.2. The number of alkyl halides is 1. The third kappa shape index (κ3) is 3.41. The maximum Gasteiger partial charge on any atom is 0.246 e. The first-order valence-corrected chi connectivity index (χ1v) is 9.03. The quantitative estimate of drug-likeness (QED) is 0.740. The summed E-state index contributed by atoms with van der Waals surface area (Å²) in [6, 6.07) is 0. The van der Waals surface area contributed by atoms with Crippen molar-refractivity contribution in [2.24, 2.45) is 0 Å². The van der Waals surface area contributed by atoms with Gasteiger partial charge in [0.05, 0.1) is 24.0 Å². The molecular formula is C13H22ClN3O3S. The number of hydrogen-bond acceptors (Lipinski definition) is 4. The van der Waals surface area contributed by atoms with E-state index in [1.807, 2.05) is 0 Å². The van der Waals surface area contributed by atoms with E-state index in [0.717, 1.165) is 12.8 Å². The van der Waals surface area contributed by atoms with Crippen LogP contribution < -0.4 is 0 Å². The highest BCUT2D eigenvalue weighted by Gasteiger charge is 2.31. The normalized spacial score (nSPS) is 19.6. The van der Waals surface area contributed by atoms with E-state index in [2.05, 4.69) is 5.10 Å². The van der Waals surface area contributed by atoms with E-state index >= 15 is 0 Å². The molecule has 0 saturated carbocycles. The summed E-state index contributed by atoms with van der Waals surface area (Å²) in [6.45, 7) is 5.06. The highest BCUT2D eigenvalue weighted by molar-refractivity contribution is 7.89. The van der Waals surface area contributed by atoms with Gasteiger partial charge < -0.3 is 4.74 Å². The monoisotopic (exact) mass is 335 g/mol. The fourth-order valence-electron chi connectivity index (χ4n) is 2.68. The number of aryl methyl sites for hydroxylation is 2. The van der Waals surface area contributed by atoms with E-state index in [9.17, 15) is 8.42 Å². The van der Waals surface area contributed by atoms with Crippen molar-refractivity contribution in [2.45, 2.75) is 44.2 Å². The first-order chi connectivity index (χ1) is 9.87. The second kappa shape index (κ2) is 6.64. The average Bonchev–Trinajstić information content (AvgIpc) is 2.99. The molecule has 2 heterocycles. The number of likely N-dealkylation sites (N-methyl/N-ethyl adjacent to an activating group) is 1. The molecule has 1 aromatic heterocycles. The molecule has 120 valence electrons. The van der Waals surface area contributed by atoms with Crippen molar-refractivity contribution in [3.8, 4) is 0 Å². The summed E-state index contributed by atoms with van der Waals surface area (Å²) in [4.78, 5) is 0.285. The predicted molar refractivity (Wildman–Crippen MR) is 81.2 cm³/mol. The van der Waals surface area contributed by atoms with Crippen LogP contribution in [0.15, 0.2) is 4.90 Å². The van der Waals surface area contributed by atoms with Crippen LogP contribution in [0.4, 0.5) is 0 Å². The molecule has 21 heavy (non-hydrogen) atoms. The molecule has 0 aliphatic carbocycles. The van der Waals surface area contributed by atoms with Crippen molar-refractivity contribution in [3.63, 3.8) is 0 Å². The first kappa shape index (κ1) is 16.7. The largest absolute Gasteiger partial charge is 0.377 e. The summed E-state index contributed by atoms with van der Waals surface area (Å²) in [5.74, 6) is 0.396. The van der Waals surface area contributed by atoms with Gasteiger partial charge in [-0.15, -0.1) is 11.6 Å². The molecule has 8 heteroatoms. The van der Waals surface area contributed by atoms with Crippen LogP contribution >= 0.6 is 11.6 Å². The van der Waals surface area contributed by atoms with Crippen molar-refractivity contribution >= 4 is 21.6 Å². The molecule has 6 nitrogen and oxygen atoms in total. The zero-order valence-corrected chi connectivity index (χ0v) is 14.2. The number of halogens is 1. The lowest BCUT2D eigenvalue weighted by Gasteiger charge is -2.20. The van der Waals surface area contributed by atoms with Gasteiger partial charge in [-0.05, 0) is 26.7 Å². The summed E-state index contributed by atoms with van der Waals surface area (Å²) in [6.07, 6.45) is 1.89. The number of sulfonamides is 1. The van der Waals surface area contributed by atoms with Gasteiger partial charge in [0, 0.05) is 26.1 Å². The predicted octanol–water partition coefficient (Wildman–Crippen LogP) is 1.54. The van der Waals surface area contributed by atoms with E-state index in [0.29, 0.717) is 37.0 Å². The zero-order valence-electron chi connectivity index (χ0n) is 12.7.